The standard InChI is InChI=1S/C21H21N3O3S/c1-28-11-10-19(20(25)12-23-22)24-21(26)27-13-18-16-8-4-2-6-14(16)15-7-3-5-9-17(15)18/h2-9,12,18-19H,10-11,13H2,1H3,(H,24,26)/t19-/m1/s1. The van der Waals surface area contributed by atoms with Crippen LogP contribution in [0, 0.1) is 0 Å². The van der Waals surface area contributed by atoms with E-state index in [-0.39, 0.29) is 12.5 Å². The van der Waals surface area contributed by atoms with Crippen LogP contribution in [0.25, 0.3) is 16.7 Å². The molecule has 1 N–H and O–H groups in total. The number of alkyl carbamates (subject to hydrolysis) is 1. The van der Waals surface area contributed by atoms with Crippen molar-refractivity contribution in [1.82, 2.24) is 5.32 Å². The molecule has 1 aliphatic rings. The third kappa shape index (κ3) is 4.32. The second-order valence-corrected chi connectivity index (χ2v) is 7.44. The summed E-state index contributed by atoms with van der Waals surface area (Å²) >= 11 is 1.56. The molecule has 2 aromatic rings. The van der Waals surface area contributed by atoms with E-state index in [4.69, 9.17) is 10.3 Å². The van der Waals surface area contributed by atoms with Crippen LogP contribution in [0.4, 0.5) is 4.79 Å². The minimum Gasteiger partial charge on any atom is -0.449 e. The van der Waals surface area contributed by atoms with E-state index in [2.05, 4.69) is 22.2 Å². The first kappa shape index (κ1) is 19.9. The number of Topliss-reactive ketones (excluding diaryl/α,β-unsaturated/α-hetero) is 1. The van der Waals surface area contributed by atoms with E-state index < -0.39 is 17.9 Å². The second kappa shape index (κ2) is 9.35. The van der Waals surface area contributed by atoms with E-state index in [1.807, 2.05) is 42.7 Å². The zero-order chi connectivity index (χ0) is 19.9. The largest absolute Gasteiger partial charge is 0.449 e. The van der Waals surface area contributed by atoms with Gasteiger partial charge in [0, 0.05) is 5.92 Å². The summed E-state index contributed by atoms with van der Waals surface area (Å²) in [5, 5.41) is 2.58. The van der Waals surface area contributed by atoms with Gasteiger partial charge in [0.25, 0.3) is 5.78 Å². The Bertz CT molecular complexity index is 879. The number of ketones is 1. The number of carbonyl (C=O) groups excluding carboxylic acids is 2. The average molecular weight is 395 g/mol. The van der Waals surface area contributed by atoms with Crippen LogP contribution in [0.15, 0.2) is 48.5 Å². The van der Waals surface area contributed by atoms with Gasteiger partial charge in [-0.25, -0.2) is 4.79 Å². The van der Waals surface area contributed by atoms with Crippen molar-refractivity contribution < 1.29 is 19.1 Å². The normalized spacial score (nSPS) is 13.0. The van der Waals surface area contributed by atoms with Crippen LogP contribution in [0.1, 0.15) is 23.5 Å². The average Bonchev–Trinajstić information content (AvgIpc) is 3.03. The second-order valence-electron chi connectivity index (χ2n) is 6.45. The van der Waals surface area contributed by atoms with E-state index in [0.29, 0.717) is 12.2 Å². The molecule has 3 rings (SSSR count). The van der Waals surface area contributed by atoms with Crippen LogP contribution < -0.4 is 5.32 Å². The fourth-order valence-electron chi connectivity index (χ4n) is 3.45. The highest BCUT2D eigenvalue weighted by Gasteiger charge is 2.29. The van der Waals surface area contributed by atoms with E-state index in [9.17, 15) is 9.59 Å². The number of hydrogen-bond donors (Lipinski definition) is 1. The molecule has 144 valence electrons. The van der Waals surface area contributed by atoms with Gasteiger partial charge in [0.2, 0.25) is 0 Å². The first-order valence-corrected chi connectivity index (χ1v) is 10.4. The predicted molar refractivity (Wildman–Crippen MR) is 110 cm³/mol. The van der Waals surface area contributed by atoms with E-state index in [1.54, 1.807) is 11.8 Å². The fraction of sp³-hybridized carbons (Fsp3) is 0.286. The Labute approximate surface area is 167 Å². The topological polar surface area (TPSA) is 91.8 Å². The number of nitrogens with zero attached hydrogens (tertiary/aromatic N) is 2. The van der Waals surface area contributed by atoms with Crippen molar-refractivity contribution in [3.63, 3.8) is 0 Å². The van der Waals surface area contributed by atoms with E-state index in [0.717, 1.165) is 28.5 Å². The van der Waals surface area contributed by atoms with Crippen LogP contribution in [0.3, 0.4) is 0 Å². The molecule has 0 saturated heterocycles. The Morgan fingerprint density at radius 3 is 2.36 bits per heavy atom. The lowest BCUT2D eigenvalue weighted by Crippen LogP contribution is -2.42. The molecule has 0 unspecified atom stereocenters. The molecule has 7 heteroatoms. The summed E-state index contributed by atoms with van der Waals surface area (Å²) in [6.07, 6.45) is 2.48. The van der Waals surface area contributed by atoms with Crippen LogP contribution in [0.2, 0.25) is 0 Å². The van der Waals surface area contributed by atoms with Crippen molar-refractivity contribution in [2.24, 2.45) is 0 Å². The van der Waals surface area contributed by atoms with Gasteiger partial charge in [-0.3, -0.25) is 4.79 Å². The molecule has 2 aromatic carbocycles. The van der Waals surface area contributed by atoms with Gasteiger partial charge in [-0.15, -0.1) is 0 Å². The molecular formula is C21H21N3O3S. The summed E-state index contributed by atoms with van der Waals surface area (Å²) in [7, 11) is 0. The number of hydrogen-bond acceptors (Lipinski definition) is 4. The Morgan fingerprint density at radius 2 is 1.79 bits per heavy atom. The van der Waals surface area contributed by atoms with E-state index >= 15 is 0 Å². The zero-order valence-electron chi connectivity index (χ0n) is 15.5. The Hall–Kier alpha value is -2.89. The smallest absolute Gasteiger partial charge is 0.407 e. The maximum absolute atomic E-state index is 12.3. The van der Waals surface area contributed by atoms with Gasteiger partial charge in [0.1, 0.15) is 12.6 Å². The number of carbonyl (C=O) groups is 2. The minimum atomic E-state index is -0.779. The van der Waals surface area contributed by atoms with Crippen LogP contribution in [-0.4, -0.2) is 47.5 Å². The summed E-state index contributed by atoms with van der Waals surface area (Å²) in [6, 6.07) is 15.4. The molecule has 0 fully saturated rings. The molecule has 0 radical (unpaired) electrons. The Kier molecular flexibility index (Phi) is 6.63. The highest BCUT2D eigenvalue weighted by Crippen LogP contribution is 2.44. The fourth-order valence-corrected chi connectivity index (χ4v) is 3.92. The molecule has 1 amide bonds. The van der Waals surface area contributed by atoms with Crippen molar-refractivity contribution in [3.8, 4) is 11.1 Å². The third-order valence-electron chi connectivity index (χ3n) is 4.77. The number of benzene rings is 2. The monoisotopic (exact) mass is 395 g/mol. The number of rotatable bonds is 8. The molecular weight excluding hydrogens is 374 g/mol. The first-order valence-electron chi connectivity index (χ1n) is 8.97. The number of ether oxygens (including phenoxy) is 1. The van der Waals surface area contributed by atoms with Crippen molar-refractivity contribution >= 4 is 29.9 Å². The quantitative estimate of drug-likeness (QED) is 0.420. The Balaban J connectivity index is 1.68. The van der Waals surface area contributed by atoms with Crippen molar-refractivity contribution in [2.75, 3.05) is 18.6 Å². The van der Waals surface area contributed by atoms with Crippen LogP contribution >= 0.6 is 11.8 Å². The number of amides is 1. The molecule has 0 bridgehead atoms. The Morgan fingerprint density at radius 1 is 1.18 bits per heavy atom. The number of nitrogens with one attached hydrogen (secondary N) is 1. The molecule has 28 heavy (non-hydrogen) atoms. The molecule has 1 atom stereocenters. The van der Waals surface area contributed by atoms with Gasteiger partial charge >= 0.3 is 12.3 Å². The van der Waals surface area contributed by atoms with Crippen LogP contribution in [-0.2, 0) is 9.53 Å². The summed E-state index contributed by atoms with van der Waals surface area (Å²) < 4.78 is 5.46. The SMILES string of the molecule is CSCC[C@@H](NC(=O)OCC1c2ccccc2-c2ccccc21)C(=O)C=[N+]=[N-]. The number of fused-ring (bicyclic) bond motifs is 3. The van der Waals surface area contributed by atoms with Gasteiger partial charge in [-0.1, -0.05) is 48.5 Å². The zero-order valence-corrected chi connectivity index (χ0v) is 16.3. The van der Waals surface area contributed by atoms with Crippen molar-refractivity contribution in [3.05, 3.63) is 65.2 Å². The molecule has 0 aromatic heterocycles. The molecule has 0 heterocycles. The summed E-state index contributed by atoms with van der Waals surface area (Å²) in [5.41, 5.74) is 13.1. The van der Waals surface area contributed by atoms with Crippen molar-refractivity contribution in [1.29, 1.82) is 0 Å². The highest BCUT2D eigenvalue weighted by atomic mass is 32.2. The molecule has 0 aliphatic heterocycles. The molecule has 0 spiro atoms. The number of thioether (sulfide) groups is 1. The maximum atomic E-state index is 12.3. The van der Waals surface area contributed by atoms with E-state index in [1.165, 1.54) is 0 Å². The van der Waals surface area contributed by atoms with Gasteiger partial charge in [-0.05, 0) is 40.7 Å². The lowest BCUT2D eigenvalue weighted by molar-refractivity contribution is -0.117. The summed E-state index contributed by atoms with van der Waals surface area (Å²) in [4.78, 5) is 27.0. The lowest BCUT2D eigenvalue weighted by atomic mass is 9.98. The van der Waals surface area contributed by atoms with Crippen molar-refractivity contribution in [2.45, 2.75) is 18.4 Å². The van der Waals surface area contributed by atoms with Gasteiger partial charge in [0.15, 0.2) is 0 Å². The highest BCUT2D eigenvalue weighted by molar-refractivity contribution is 7.98. The van der Waals surface area contributed by atoms with Gasteiger partial charge in [0.05, 0.1) is 0 Å². The molecule has 0 saturated carbocycles. The van der Waals surface area contributed by atoms with Crippen LogP contribution in [0.5, 0.6) is 0 Å². The third-order valence-corrected chi connectivity index (χ3v) is 5.42. The van der Waals surface area contributed by atoms with Gasteiger partial charge < -0.3 is 15.6 Å². The first-order chi connectivity index (χ1) is 13.7. The summed E-state index contributed by atoms with van der Waals surface area (Å²) in [5.74, 6) is 0.168. The minimum absolute atomic E-state index is 0.0440. The molecule has 6 nitrogen and oxygen atoms in total. The summed E-state index contributed by atoms with van der Waals surface area (Å²) in [6.45, 7) is 0.178. The predicted octanol–water partition coefficient (Wildman–Crippen LogP) is 3.52. The van der Waals surface area contributed by atoms with Gasteiger partial charge in [-0.2, -0.15) is 16.6 Å². The maximum Gasteiger partial charge on any atom is 0.407 e. The molecule has 1 aliphatic carbocycles. The lowest BCUT2D eigenvalue weighted by Gasteiger charge is -2.17.